The zero-order valence-corrected chi connectivity index (χ0v) is 12.1. The second-order valence-corrected chi connectivity index (χ2v) is 5.09. The van der Waals surface area contributed by atoms with Crippen molar-refractivity contribution < 1.29 is 9.90 Å². The fourth-order valence-corrected chi connectivity index (χ4v) is 2.31. The minimum Gasteiger partial charge on any atom is -0.480 e. The molecule has 0 radical (unpaired) electrons. The standard InChI is InChI=1S/C13H14BrN3O2/c1-2-5-17(7-12(18)19)13-10-4-3-9(14)6-11(10)15-8-16-13/h3-4,6,8H,2,5,7H2,1H3,(H,18,19). The molecule has 19 heavy (non-hydrogen) atoms. The molecule has 100 valence electrons. The lowest BCUT2D eigenvalue weighted by Gasteiger charge is -2.22. The van der Waals surface area contributed by atoms with Crippen LogP contribution in [0.4, 0.5) is 5.82 Å². The van der Waals surface area contributed by atoms with Crippen LogP contribution in [0.25, 0.3) is 10.9 Å². The van der Waals surface area contributed by atoms with Crippen LogP contribution in [-0.4, -0.2) is 34.1 Å². The SMILES string of the molecule is CCCN(CC(=O)O)c1ncnc2cc(Br)ccc12. The number of hydrogen-bond acceptors (Lipinski definition) is 4. The van der Waals surface area contributed by atoms with Crippen molar-refractivity contribution >= 4 is 38.6 Å². The molecule has 1 aromatic carbocycles. The van der Waals surface area contributed by atoms with E-state index >= 15 is 0 Å². The summed E-state index contributed by atoms with van der Waals surface area (Å²) in [6.07, 6.45) is 2.32. The molecule has 0 spiro atoms. The zero-order chi connectivity index (χ0) is 13.8. The highest BCUT2D eigenvalue weighted by Gasteiger charge is 2.14. The lowest BCUT2D eigenvalue weighted by Crippen LogP contribution is -2.31. The highest BCUT2D eigenvalue weighted by atomic mass is 79.9. The van der Waals surface area contributed by atoms with Crippen LogP contribution in [0.2, 0.25) is 0 Å². The molecule has 2 aromatic rings. The van der Waals surface area contributed by atoms with Gasteiger partial charge in [0.1, 0.15) is 18.7 Å². The number of anilines is 1. The first-order chi connectivity index (χ1) is 9.11. The highest BCUT2D eigenvalue weighted by molar-refractivity contribution is 9.10. The van der Waals surface area contributed by atoms with Crippen LogP contribution in [0.5, 0.6) is 0 Å². The molecule has 0 fully saturated rings. The third-order valence-electron chi connectivity index (χ3n) is 2.70. The van der Waals surface area contributed by atoms with Gasteiger partial charge >= 0.3 is 5.97 Å². The van der Waals surface area contributed by atoms with Gasteiger partial charge in [0, 0.05) is 16.4 Å². The van der Waals surface area contributed by atoms with E-state index in [-0.39, 0.29) is 6.54 Å². The molecule has 1 N–H and O–H groups in total. The second-order valence-electron chi connectivity index (χ2n) is 4.17. The lowest BCUT2D eigenvalue weighted by molar-refractivity contribution is -0.135. The molecule has 6 heteroatoms. The maximum atomic E-state index is 11.0. The Labute approximate surface area is 119 Å². The Morgan fingerprint density at radius 1 is 1.42 bits per heavy atom. The van der Waals surface area contributed by atoms with Crippen LogP contribution >= 0.6 is 15.9 Å². The molecule has 2 rings (SSSR count). The number of aliphatic carboxylic acids is 1. The monoisotopic (exact) mass is 323 g/mol. The maximum Gasteiger partial charge on any atom is 0.323 e. The largest absolute Gasteiger partial charge is 0.480 e. The number of carboxylic acids is 1. The fourth-order valence-electron chi connectivity index (χ4n) is 1.96. The average molecular weight is 324 g/mol. The summed E-state index contributed by atoms with van der Waals surface area (Å²) in [6.45, 7) is 2.60. The molecule has 0 saturated carbocycles. The number of rotatable bonds is 5. The van der Waals surface area contributed by atoms with Crippen LogP contribution in [0.15, 0.2) is 29.0 Å². The number of fused-ring (bicyclic) bond motifs is 1. The molecule has 0 saturated heterocycles. The summed E-state index contributed by atoms with van der Waals surface area (Å²) >= 11 is 3.40. The summed E-state index contributed by atoms with van der Waals surface area (Å²) in [6, 6.07) is 5.70. The molecule has 0 aliphatic heterocycles. The Kier molecular flexibility index (Phi) is 4.31. The van der Waals surface area contributed by atoms with Crippen molar-refractivity contribution in [3.8, 4) is 0 Å². The zero-order valence-electron chi connectivity index (χ0n) is 10.5. The van der Waals surface area contributed by atoms with E-state index in [1.165, 1.54) is 6.33 Å². The first-order valence-corrected chi connectivity index (χ1v) is 6.78. The summed E-state index contributed by atoms with van der Waals surface area (Å²) in [5.41, 5.74) is 0.797. The van der Waals surface area contributed by atoms with Gasteiger partial charge in [-0.25, -0.2) is 9.97 Å². The number of carboxylic acid groups (broad SMARTS) is 1. The van der Waals surface area contributed by atoms with Crippen molar-refractivity contribution in [1.82, 2.24) is 9.97 Å². The molecule has 0 aliphatic carbocycles. The number of benzene rings is 1. The minimum absolute atomic E-state index is 0.0595. The molecule has 0 atom stereocenters. The molecular formula is C13H14BrN3O2. The smallest absolute Gasteiger partial charge is 0.323 e. The Bertz CT molecular complexity index is 603. The van der Waals surface area contributed by atoms with Crippen LogP contribution in [0, 0.1) is 0 Å². The molecular weight excluding hydrogens is 310 g/mol. The average Bonchev–Trinajstić information content (AvgIpc) is 2.36. The third-order valence-corrected chi connectivity index (χ3v) is 3.19. The van der Waals surface area contributed by atoms with Gasteiger partial charge in [-0.05, 0) is 24.6 Å². The van der Waals surface area contributed by atoms with Crippen molar-refractivity contribution in [2.24, 2.45) is 0 Å². The van der Waals surface area contributed by atoms with Gasteiger partial charge in [0.25, 0.3) is 0 Å². The van der Waals surface area contributed by atoms with Gasteiger partial charge in [-0.1, -0.05) is 22.9 Å². The predicted octanol–water partition coefficient (Wildman–Crippen LogP) is 2.69. The molecule has 0 amide bonds. The van der Waals surface area contributed by atoms with Gasteiger partial charge in [-0.2, -0.15) is 0 Å². The molecule has 5 nitrogen and oxygen atoms in total. The van der Waals surface area contributed by atoms with E-state index in [0.29, 0.717) is 12.4 Å². The molecule has 0 bridgehead atoms. The highest BCUT2D eigenvalue weighted by Crippen LogP contribution is 2.25. The van der Waals surface area contributed by atoms with Crippen molar-refractivity contribution in [1.29, 1.82) is 0 Å². The van der Waals surface area contributed by atoms with Gasteiger partial charge in [0.15, 0.2) is 0 Å². The Morgan fingerprint density at radius 2 is 2.21 bits per heavy atom. The van der Waals surface area contributed by atoms with Gasteiger partial charge in [0.05, 0.1) is 5.52 Å². The van der Waals surface area contributed by atoms with Crippen molar-refractivity contribution in [2.45, 2.75) is 13.3 Å². The van der Waals surface area contributed by atoms with E-state index in [1.807, 2.05) is 25.1 Å². The van der Waals surface area contributed by atoms with Crippen molar-refractivity contribution in [3.05, 3.63) is 29.0 Å². The Hall–Kier alpha value is -1.69. The summed E-state index contributed by atoms with van der Waals surface area (Å²) in [5, 5.41) is 9.86. The van der Waals surface area contributed by atoms with Gasteiger partial charge in [-0.15, -0.1) is 0 Å². The number of halogens is 1. The summed E-state index contributed by atoms with van der Waals surface area (Å²) in [7, 11) is 0. The van der Waals surface area contributed by atoms with E-state index in [4.69, 9.17) is 5.11 Å². The van der Waals surface area contributed by atoms with E-state index < -0.39 is 5.97 Å². The normalized spacial score (nSPS) is 10.6. The summed E-state index contributed by atoms with van der Waals surface area (Å²) < 4.78 is 0.935. The van der Waals surface area contributed by atoms with Crippen molar-refractivity contribution in [2.75, 3.05) is 18.0 Å². The third kappa shape index (κ3) is 3.20. The van der Waals surface area contributed by atoms with Crippen LogP contribution in [0.1, 0.15) is 13.3 Å². The molecule has 1 aromatic heterocycles. The number of aromatic nitrogens is 2. The van der Waals surface area contributed by atoms with E-state index in [9.17, 15) is 4.79 Å². The van der Waals surface area contributed by atoms with E-state index in [2.05, 4.69) is 25.9 Å². The van der Waals surface area contributed by atoms with Crippen LogP contribution in [-0.2, 0) is 4.79 Å². The first kappa shape index (κ1) is 13.7. The lowest BCUT2D eigenvalue weighted by atomic mass is 10.2. The number of nitrogens with zero attached hydrogens (tertiary/aromatic N) is 3. The maximum absolute atomic E-state index is 11.0. The molecule has 0 unspecified atom stereocenters. The van der Waals surface area contributed by atoms with Crippen LogP contribution < -0.4 is 4.90 Å². The molecule has 0 aliphatic rings. The summed E-state index contributed by atoms with van der Waals surface area (Å²) in [4.78, 5) is 21.2. The van der Waals surface area contributed by atoms with Gasteiger partial charge < -0.3 is 10.0 Å². The second kappa shape index (κ2) is 5.97. The van der Waals surface area contributed by atoms with Crippen molar-refractivity contribution in [3.63, 3.8) is 0 Å². The Balaban J connectivity index is 2.49. The first-order valence-electron chi connectivity index (χ1n) is 5.99. The van der Waals surface area contributed by atoms with Gasteiger partial charge in [0.2, 0.25) is 0 Å². The molecule has 1 heterocycles. The minimum atomic E-state index is -0.864. The van der Waals surface area contributed by atoms with Crippen LogP contribution in [0.3, 0.4) is 0 Å². The number of carbonyl (C=O) groups is 1. The topological polar surface area (TPSA) is 66.3 Å². The predicted molar refractivity (Wildman–Crippen MR) is 77.4 cm³/mol. The number of hydrogen-bond donors (Lipinski definition) is 1. The van der Waals surface area contributed by atoms with E-state index in [0.717, 1.165) is 21.8 Å². The van der Waals surface area contributed by atoms with Gasteiger partial charge in [-0.3, -0.25) is 4.79 Å². The fraction of sp³-hybridized carbons (Fsp3) is 0.308. The quantitative estimate of drug-likeness (QED) is 0.916. The summed E-state index contributed by atoms with van der Waals surface area (Å²) in [5.74, 6) is -0.195. The van der Waals surface area contributed by atoms with E-state index in [1.54, 1.807) is 4.90 Å². The Morgan fingerprint density at radius 3 is 2.89 bits per heavy atom.